The Morgan fingerprint density at radius 1 is 1.19 bits per heavy atom. The summed E-state index contributed by atoms with van der Waals surface area (Å²) in [5, 5.41) is 3.83. The van der Waals surface area contributed by atoms with Crippen molar-refractivity contribution in [1.82, 2.24) is 14.7 Å². The van der Waals surface area contributed by atoms with E-state index in [0.29, 0.717) is 23.3 Å². The molecule has 0 saturated heterocycles. The smallest absolute Gasteiger partial charge is 0.412 e. The molecule has 5 nitrogen and oxygen atoms in total. The second-order valence-corrected chi connectivity index (χ2v) is 7.16. The first-order valence-electron chi connectivity index (χ1n) is 9.11. The van der Waals surface area contributed by atoms with Crippen LogP contribution in [0.2, 0.25) is 5.02 Å². The van der Waals surface area contributed by atoms with Crippen LogP contribution in [0.15, 0.2) is 54.7 Å². The third-order valence-electron chi connectivity index (χ3n) is 4.62. The van der Waals surface area contributed by atoms with Gasteiger partial charge in [0.05, 0.1) is 24.4 Å². The van der Waals surface area contributed by atoms with E-state index in [4.69, 9.17) is 16.3 Å². The molecule has 1 amide bonds. The van der Waals surface area contributed by atoms with Crippen molar-refractivity contribution >= 4 is 18.0 Å². The quantitative estimate of drug-likeness (QED) is 0.350. The molecule has 0 spiro atoms. The predicted molar refractivity (Wildman–Crippen MR) is 107 cm³/mol. The van der Waals surface area contributed by atoms with E-state index in [-0.39, 0.29) is 17.3 Å². The number of carbonyl (C=O) groups is 1. The fraction of sp³-hybridized carbons (Fsp3) is 0.238. The van der Waals surface area contributed by atoms with Crippen LogP contribution in [0.3, 0.4) is 0 Å². The molecule has 0 bridgehead atoms. The van der Waals surface area contributed by atoms with E-state index in [1.165, 1.54) is 31.5 Å². The Bertz CT molecular complexity index is 1040. The van der Waals surface area contributed by atoms with Crippen molar-refractivity contribution in [3.63, 3.8) is 0 Å². The fourth-order valence-corrected chi connectivity index (χ4v) is 3.17. The van der Waals surface area contributed by atoms with Crippen molar-refractivity contribution in [3.8, 4) is 17.0 Å². The summed E-state index contributed by atoms with van der Waals surface area (Å²) in [6.07, 6.45) is -3.13. The average molecular weight is 456 g/mol. The minimum atomic E-state index is -4.66. The number of amides is 1. The highest BCUT2D eigenvalue weighted by atomic mass is 35.5. The van der Waals surface area contributed by atoms with Crippen molar-refractivity contribution in [2.24, 2.45) is 0 Å². The van der Waals surface area contributed by atoms with Gasteiger partial charge in [-0.1, -0.05) is 23.7 Å². The maximum absolute atomic E-state index is 13.8. The van der Waals surface area contributed by atoms with Crippen molar-refractivity contribution in [3.05, 3.63) is 71.1 Å². The van der Waals surface area contributed by atoms with Gasteiger partial charge < -0.3 is 9.64 Å². The van der Waals surface area contributed by atoms with Gasteiger partial charge in [-0.05, 0) is 42.0 Å². The van der Waals surface area contributed by atoms with Crippen LogP contribution in [-0.2, 0) is 11.3 Å². The van der Waals surface area contributed by atoms with E-state index >= 15 is 0 Å². The lowest BCUT2D eigenvalue weighted by Gasteiger charge is -2.26. The number of hydrogen-bond acceptors (Lipinski definition) is 3. The first kappa shape index (κ1) is 22.6. The minimum Gasteiger partial charge on any atom is -0.497 e. The van der Waals surface area contributed by atoms with Crippen LogP contribution in [0.1, 0.15) is 11.6 Å². The Hall–Kier alpha value is -3.07. The standard InChI is InChI=1S/C21H18ClF4N3O2/c1-31-16-5-2-14(3-6-16)11-28(13-30)12-20(21(24,25)26)29-9-8-19(27-29)15-4-7-18(23)17(22)10-15/h2-10,13,20H,11-12H2,1H3. The predicted octanol–water partition coefficient (Wildman–Crippen LogP) is 5.11. The average Bonchev–Trinajstić information content (AvgIpc) is 3.22. The van der Waals surface area contributed by atoms with Crippen LogP contribution in [0.5, 0.6) is 5.75 Å². The van der Waals surface area contributed by atoms with E-state index in [9.17, 15) is 22.4 Å². The van der Waals surface area contributed by atoms with E-state index in [0.717, 1.165) is 15.6 Å². The monoisotopic (exact) mass is 455 g/mol. The van der Waals surface area contributed by atoms with Crippen molar-refractivity contribution in [2.75, 3.05) is 13.7 Å². The SMILES string of the molecule is COc1ccc(CN(C=O)CC(n2ccc(-c3ccc(F)c(Cl)c3)n2)C(F)(F)F)cc1. The molecule has 0 N–H and O–H groups in total. The minimum absolute atomic E-state index is 0.0121. The highest BCUT2D eigenvalue weighted by Crippen LogP contribution is 2.32. The van der Waals surface area contributed by atoms with Crippen LogP contribution in [0.25, 0.3) is 11.3 Å². The van der Waals surface area contributed by atoms with Gasteiger partial charge in [-0.15, -0.1) is 0 Å². The van der Waals surface area contributed by atoms with Gasteiger partial charge >= 0.3 is 6.18 Å². The first-order valence-corrected chi connectivity index (χ1v) is 9.48. The zero-order chi connectivity index (χ0) is 22.6. The van der Waals surface area contributed by atoms with E-state index < -0.39 is 24.6 Å². The molecule has 0 aliphatic rings. The van der Waals surface area contributed by atoms with Crippen LogP contribution in [0, 0.1) is 5.82 Å². The lowest BCUT2D eigenvalue weighted by Crippen LogP contribution is -2.38. The van der Waals surface area contributed by atoms with Gasteiger partial charge in [0.15, 0.2) is 6.04 Å². The number of benzene rings is 2. The molecule has 10 heteroatoms. The van der Waals surface area contributed by atoms with Gasteiger partial charge in [-0.2, -0.15) is 18.3 Å². The number of ether oxygens (including phenoxy) is 1. The number of aromatic nitrogens is 2. The maximum Gasteiger partial charge on any atom is 0.412 e. The van der Waals surface area contributed by atoms with E-state index in [1.807, 2.05) is 0 Å². The highest BCUT2D eigenvalue weighted by molar-refractivity contribution is 6.31. The molecule has 1 heterocycles. The van der Waals surface area contributed by atoms with Gasteiger partial charge in [0, 0.05) is 18.3 Å². The molecular weight excluding hydrogens is 438 g/mol. The maximum atomic E-state index is 13.8. The molecule has 1 atom stereocenters. The summed E-state index contributed by atoms with van der Waals surface area (Å²) in [4.78, 5) is 12.5. The molecule has 164 valence electrons. The van der Waals surface area contributed by atoms with Gasteiger partial charge in [-0.25, -0.2) is 4.39 Å². The summed E-state index contributed by atoms with van der Waals surface area (Å²) < 4.78 is 60.5. The lowest BCUT2D eigenvalue weighted by molar-refractivity contribution is -0.175. The molecule has 31 heavy (non-hydrogen) atoms. The first-order chi connectivity index (χ1) is 14.7. The molecule has 0 radical (unpaired) electrons. The Morgan fingerprint density at radius 3 is 2.48 bits per heavy atom. The summed E-state index contributed by atoms with van der Waals surface area (Å²) in [5.74, 6) is -0.0438. The van der Waals surface area contributed by atoms with Gasteiger partial charge in [-0.3, -0.25) is 9.48 Å². The number of halogens is 5. The topological polar surface area (TPSA) is 47.4 Å². The summed E-state index contributed by atoms with van der Waals surface area (Å²) in [7, 11) is 1.50. The molecule has 3 aromatic rings. The molecule has 1 aromatic heterocycles. The Balaban J connectivity index is 1.82. The third kappa shape index (κ3) is 5.55. The molecule has 0 aliphatic heterocycles. The number of hydrogen-bond donors (Lipinski definition) is 0. The number of methoxy groups -OCH3 is 1. The van der Waals surface area contributed by atoms with Gasteiger partial charge in [0.2, 0.25) is 6.41 Å². The van der Waals surface area contributed by atoms with Crippen molar-refractivity contribution in [1.29, 1.82) is 0 Å². The molecule has 0 aliphatic carbocycles. The summed E-state index contributed by atoms with van der Waals surface area (Å²) >= 11 is 5.75. The molecule has 0 fully saturated rings. The highest BCUT2D eigenvalue weighted by Gasteiger charge is 2.42. The fourth-order valence-electron chi connectivity index (χ4n) is 2.99. The van der Waals surface area contributed by atoms with Crippen molar-refractivity contribution < 1.29 is 27.1 Å². The van der Waals surface area contributed by atoms with Gasteiger partial charge in [0.1, 0.15) is 11.6 Å². The molecule has 2 aromatic carbocycles. The summed E-state index contributed by atoms with van der Waals surface area (Å²) in [5.41, 5.74) is 1.22. The molecular formula is C21H18ClF4N3O2. The van der Waals surface area contributed by atoms with Gasteiger partial charge in [0.25, 0.3) is 0 Å². The molecule has 3 rings (SSSR count). The van der Waals surface area contributed by atoms with Crippen LogP contribution >= 0.6 is 11.6 Å². The number of alkyl halides is 3. The lowest BCUT2D eigenvalue weighted by atomic mass is 10.1. The van der Waals surface area contributed by atoms with Crippen LogP contribution < -0.4 is 4.74 Å². The number of rotatable bonds is 8. The van der Waals surface area contributed by atoms with Crippen LogP contribution in [0.4, 0.5) is 17.6 Å². The molecule has 0 saturated carbocycles. The number of carbonyl (C=O) groups excluding carboxylic acids is 1. The van der Waals surface area contributed by atoms with Crippen LogP contribution in [-0.4, -0.2) is 40.9 Å². The normalized spacial score (nSPS) is 12.5. The van der Waals surface area contributed by atoms with Crippen molar-refractivity contribution in [2.45, 2.75) is 18.8 Å². The largest absolute Gasteiger partial charge is 0.497 e. The van der Waals surface area contributed by atoms with E-state index in [2.05, 4.69) is 5.10 Å². The zero-order valence-corrected chi connectivity index (χ0v) is 17.1. The zero-order valence-electron chi connectivity index (χ0n) is 16.3. The Morgan fingerprint density at radius 2 is 1.90 bits per heavy atom. The second kappa shape index (κ2) is 9.38. The number of nitrogens with zero attached hydrogens (tertiary/aromatic N) is 3. The third-order valence-corrected chi connectivity index (χ3v) is 4.91. The summed E-state index contributed by atoms with van der Waals surface area (Å²) in [6.45, 7) is -0.647. The Kier molecular flexibility index (Phi) is 6.84. The van der Waals surface area contributed by atoms with E-state index in [1.54, 1.807) is 24.3 Å². The second-order valence-electron chi connectivity index (χ2n) is 6.75. The summed E-state index contributed by atoms with van der Waals surface area (Å²) in [6, 6.07) is 9.73. The molecule has 1 unspecified atom stereocenters. The Labute approximate surface area is 180 Å².